The number of nitrogens with one attached hydrogen (secondary N) is 1. The van der Waals surface area contributed by atoms with Crippen molar-refractivity contribution >= 4 is 22.8 Å². The summed E-state index contributed by atoms with van der Waals surface area (Å²) in [5.41, 5.74) is 1.36. The van der Waals surface area contributed by atoms with Crippen LogP contribution in [-0.4, -0.2) is 38.5 Å². The maximum Gasteiger partial charge on any atom is 0.355 e. The van der Waals surface area contributed by atoms with Crippen LogP contribution in [0.2, 0.25) is 0 Å². The molecule has 9 heteroatoms. The summed E-state index contributed by atoms with van der Waals surface area (Å²) in [7, 11) is 0. The third-order valence-corrected chi connectivity index (χ3v) is 4.07. The molecule has 27 heavy (non-hydrogen) atoms. The Morgan fingerprint density at radius 1 is 1.15 bits per heavy atom. The van der Waals surface area contributed by atoms with E-state index >= 15 is 0 Å². The van der Waals surface area contributed by atoms with Crippen LogP contribution in [0.15, 0.2) is 29.1 Å². The standard InChI is InChI=1S/C18H18N4O5/c1-4-26-18(25)15-10(2)14(11(3)19-15)17(24)27-9-22-16(23)12-7-5-6-8-13(12)20-21-22/h5-8,19H,4,9H2,1-3H3. The third kappa shape index (κ3) is 3.43. The van der Waals surface area contributed by atoms with Crippen LogP contribution in [0.5, 0.6) is 0 Å². The van der Waals surface area contributed by atoms with E-state index in [1.165, 1.54) is 0 Å². The zero-order chi connectivity index (χ0) is 19.6. The lowest BCUT2D eigenvalue weighted by molar-refractivity contribution is 0.0334. The average Bonchev–Trinajstić information content (AvgIpc) is 2.96. The fourth-order valence-corrected chi connectivity index (χ4v) is 2.76. The van der Waals surface area contributed by atoms with Crippen molar-refractivity contribution in [2.24, 2.45) is 0 Å². The van der Waals surface area contributed by atoms with Gasteiger partial charge in [0.05, 0.1) is 17.6 Å². The Morgan fingerprint density at radius 2 is 1.89 bits per heavy atom. The number of aromatic amines is 1. The van der Waals surface area contributed by atoms with Gasteiger partial charge in [0.25, 0.3) is 5.56 Å². The molecule has 0 saturated carbocycles. The van der Waals surface area contributed by atoms with Gasteiger partial charge in [0.15, 0.2) is 6.73 Å². The van der Waals surface area contributed by atoms with Gasteiger partial charge in [-0.25, -0.2) is 9.59 Å². The number of hydrogen-bond donors (Lipinski definition) is 1. The minimum atomic E-state index is -0.682. The minimum Gasteiger partial charge on any atom is -0.461 e. The van der Waals surface area contributed by atoms with Gasteiger partial charge in [-0.2, -0.15) is 4.68 Å². The zero-order valence-electron chi connectivity index (χ0n) is 15.1. The molecule has 0 saturated heterocycles. The Hall–Kier alpha value is -3.49. The number of carbonyl (C=O) groups excluding carboxylic acids is 2. The van der Waals surface area contributed by atoms with Crippen LogP contribution in [0.25, 0.3) is 10.9 Å². The van der Waals surface area contributed by atoms with Crippen LogP contribution in [0.1, 0.15) is 39.0 Å². The summed E-state index contributed by atoms with van der Waals surface area (Å²) in [5, 5.41) is 8.08. The van der Waals surface area contributed by atoms with Gasteiger partial charge in [0.1, 0.15) is 11.2 Å². The summed E-state index contributed by atoms with van der Waals surface area (Å²) in [6.07, 6.45) is 0. The molecule has 140 valence electrons. The Kier molecular flexibility index (Phi) is 5.02. The Balaban J connectivity index is 1.82. The van der Waals surface area contributed by atoms with Gasteiger partial charge in [-0.3, -0.25) is 4.79 Å². The third-order valence-electron chi connectivity index (χ3n) is 4.07. The molecule has 0 aliphatic carbocycles. The number of aromatic nitrogens is 4. The first kappa shape index (κ1) is 18.3. The second-order valence-electron chi connectivity index (χ2n) is 5.82. The van der Waals surface area contributed by atoms with E-state index in [1.807, 2.05) is 0 Å². The second-order valence-corrected chi connectivity index (χ2v) is 5.82. The van der Waals surface area contributed by atoms with Gasteiger partial charge in [-0.1, -0.05) is 17.3 Å². The van der Waals surface area contributed by atoms with E-state index in [9.17, 15) is 14.4 Å². The molecule has 0 spiro atoms. The topological polar surface area (TPSA) is 116 Å². The smallest absolute Gasteiger partial charge is 0.355 e. The molecule has 0 aliphatic heterocycles. The van der Waals surface area contributed by atoms with Crippen molar-refractivity contribution < 1.29 is 19.1 Å². The molecule has 2 aromatic heterocycles. The molecule has 0 bridgehead atoms. The maximum atomic E-state index is 12.5. The van der Waals surface area contributed by atoms with Crippen LogP contribution in [-0.2, 0) is 16.2 Å². The number of H-pyrrole nitrogens is 1. The van der Waals surface area contributed by atoms with E-state index < -0.39 is 24.2 Å². The van der Waals surface area contributed by atoms with Crippen LogP contribution in [0, 0.1) is 13.8 Å². The van der Waals surface area contributed by atoms with Crippen molar-refractivity contribution in [1.82, 2.24) is 20.0 Å². The van der Waals surface area contributed by atoms with Gasteiger partial charge < -0.3 is 14.5 Å². The average molecular weight is 370 g/mol. The number of rotatable bonds is 5. The lowest BCUT2D eigenvalue weighted by Crippen LogP contribution is -2.26. The molecular weight excluding hydrogens is 352 g/mol. The number of ether oxygens (including phenoxy) is 2. The number of carbonyl (C=O) groups is 2. The Labute approximate surface area is 153 Å². The SMILES string of the molecule is CCOC(=O)c1[nH]c(C)c(C(=O)OCn2nnc3ccccc3c2=O)c1C. The molecular formula is C18H18N4O5. The normalized spacial score (nSPS) is 10.8. The van der Waals surface area contributed by atoms with E-state index in [4.69, 9.17) is 9.47 Å². The molecule has 0 aliphatic rings. The molecule has 0 fully saturated rings. The quantitative estimate of drug-likeness (QED) is 0.680. The largest absolute Gasteiger partial charge is 0.461 e. The summed E-state index contributed by atoms with van der Waals surface area (Å²) >= 11 is 0. The fourth-order valence-electron chi connectivity index (χ4n) is 2.76. The van der Waals surface area contributed by atoms with Gasteiger partial charge in [0.2, 0.25) is 0 Å². The molecule has 2 heterocycles. The first-order valence-electron chi connectivity index (χ1n) is 8.30. The first-order valence-corrected chi connectivity index (χ1v) is 8.30. The van der Waals surface area contributed by atoms with Crippen molar-refractivity contribution in [2.75, 3.05) is 6.61 Å². The van der Waals surface area contributed by atoms with Crippen LogP contribution >= 0.6 is 0 Å². The summed E-state index contributed by atoms with van der Waals surface area (Å²) in [5.74, 6) is -1.23. The van der Waals surface area contributed by atoms with Gasteiger partial charge in [-0.15, -0.1) is 5.10 Å². The summed E-state index contributed by atoms with van der Waals surface area (Å²) < 4.78 is 11.1. The van der Waals surface area contributed by atoms with Crippen molar-refractivity contribution in [3.8, 4) is 0 Å². The highest BCUT2D eigenvalue weighted by atomic mass is 16.5. The number of fused-ring (bicyclic) bond motifs is 1. The van der Waals surface area contributed by atoms with E-state index in [0.717, 1.165) is 4.68 Å². The predicted octanol–water partition coefficient (Wildman–Crippen LogP) is 1.73. The number of nitrogens with zero attached hydrogens (tertiary/aromatic N) is 3. The van der Waals surface area contributed by atoms with Gasteiger partial charge in [0, 0.05) is 5.69 Å². The zero-order valence-corrected chi connectivity index (χ0v) is 15.1. The lowest BCUT2D eigenvalue weighted by atomic mass is 10.1. The minimum absolute atomic E-state index is 0.198. The highest BCUT2D eigenvalue weighted by Crippen LogP contribution is 2.20. The van der Waals surface area contributed by atoms with Crippen LogP contribution < -0.4 is 5.56 Å². The Morgan fingerprint density at radius 3 is 2.63 bits per heavy atom. The van der Waals surface area contributed by atoms with Crippen molar-refractivity contribution in [3.63, 3.8) is 0 Å². The molecule has 0 unspecified atom stereocenters. The van der Waals surface area contributed by atoms with E-state index in [1.54, 1.807) is 45.0 Å². The van der Waals surface area contributed by atoms with Crippen LogP contribution in [0.3, 0.4) is 0 Å². The molecule has 0 atom stereocenters. The first-order chi connectivity index (χ1) is 12.9. The number of hydrogen-bond acceptors (Lipinski definition) is 7. The Bertz CT molecular complexity index is 1080. The molecule has 0 amide bonds. The predicted molar refractivity (Wildman–Crippen MR) is 95.4 cm³/mol. The van der Waals surface area contributed by atoms with Gasteiger partial charge in [-0.05, 0) is 38.5 Å². The lowest BCUT2D eigenvalue weighted by Gasteiger charge is -2.07. The molecule has 1 aromatic carbocycles. The number of esters is 2. The molecule has 3 rings (SSSR count). The maximum absolute atomic E-state index is 12.5. The summed E-state index contributed by atoms with van der Waals surface area (Å²) in [6, 6.07) is 6.75. The summed E-state index contributed by atoms with van der Waals surface area (Å²) in [6.45, 7) is 4.79. The number of aryl methyl sites for hydroxylation is 1. The molecule has 1 N–H and O–H groups in total. The highest BCUT2D eigenvalue weighted by molar-refractivity contribution is 5.98. The second kappa shape index (κ2) is 7.40. The molecule has 9 nitrogen and oxygen atoms in total. The summed E-state index contributed by atoms with van der Waals surface area (Å²) in [4.78, 5) is 39.6. The van der Waals surface area contributed by atoms with Gasteiger partial charge >= 0.3 is 11.9 Å². The van der Waals surface area contributed by atoms with Crippen molar-refractivity contribution in [1.29, 1.82) is 0 Å². The van der Waals surface area contributed by atoms with E-state index in [0.29, 0.717) is 22.2 Å². The van der Waals surface area contributed by atoms with Crippen molar-refractivity contribution in [2.45, 2.75) is 27.5 Å². The highest BCUT2D eigenvalue weighted by Gasteiger charge is 2.24. The number of benzene rings is 1. The van der Waals surface area contributed by atoms with Crippen LogP contribution in [0.4, 0.5) is 0 Å². The van der Waals surface area contributed by atoms with E-state index in [-0.39, 0.29) is 17.9 Å². The van der Waals surface area contributed by atoms with Crippen molar-refractivity contribution in [3.05, 3.63) is 57.1 Å². The molecule has 0 radical (unpaired) electrons. The fraction of sp³-hybridized carbons (Fsp3) is 0.278. The molecule has 3 aromatic rings. The van der Waals surface area contributed by atoms with E-state index in [2.05, 4.69) is 15.3 Å². The monoisotopic (exact) mass is 370 g/mol.